The zero-order chi connectivity index (χ0) is 6.85. The van der Waals surface area contributed by atoms with Gasteiger partial charge < -0.3 is 0 Å². The van der Waals surface area contributed by atoms with Crippen LogP contribution in [0.25, 0.3) is 0 Å². The number of halogens is 1. The first kappa shape index (κ1) is 7.75. The van der Waals surface area contributed by atoms with Crippen LogP contribution in [-0.2, 0) is 0 Å². The first-order chi connectivity index (χ1) is 4.20. The average Bonchev–Trinajstić information content (AvgIpc) is 1.80. The molecule has 0 bridgehead atoms. The molecule has 1 rings (SSSR count). The van der Waals surface area contributed by atoms with Gasteiger partial charge in [0.15, 0.2) is 0 Å². The highest BCUT2D eigenvalue weighted by atomic mass is 127. The molecular formula is C6H13IN2. The van der Waals surface area contributed by atoms with Crippen LogP contribution in [0.15, 0.2) is 0 Å². The summed E-state index contributed by atoms with van der Waals surface area (Å²) < 4.78 is 0.836. The summed E-state index contributed by atoms with van der Waals surface area (Å²) in [5.74, 6) is 6.39. The first-order valence-electron chi connectivity index (χ1n) is 3.34. The molecule has 0 spiro atoms. The molecule has 1 aliphatic rings. The molecule has 1 fully saturated rings. The van der Waals surface area contributed by atoms with Gasteiger partial charge in [0.25, 0.3) is 0 Å². The quantitative estimate of drug-likeness (QED) is 0.389. The second kappa shape index (κ2) is 3.16. The third-order valence-electron chi connectivity index (χ3n) is 1.83. The minimum Gasteiger partial charge on any atom is -0.269 e. The summed E-state index contributed by atoms with van der Waals surface area (Å²) in [5, 5.41) is 1.92. The van der Waals surface area contributed by atoms with Crippen molar-refractivity contribution in [3.63, 3.8) is 0 Å². The number of piperidine rings is 1. The Bertz CT molecular complexity index is 97.1. The summed E-state index contributed by atoms with van der Waals surface area (Å²) in [7, 11) is 0. The molecular weight excluding hydrogens is 227 g/mol. The third-order valence-corrected chi connectivity index (χ3v) is 3.68. The Balaban J connectivity index is 2.35. The molecule has 0 saturated carbocycles. The number of rotatable bonds is 0. The molecule has 0 radical (unpaired) electrons. The maximum Gasteiger partial charge on any atom is 0.0164 e. The number of nitrogens with zero attached hydrogens (tertiary/aromatic N) is 1. The maximum absolute atomic E-state index is 5.62. The van der Waals surface area contributed by atoms with E-state index in [4.69, 9.17) is 5.84 Å². The van der Waals surface area contributed by atoms with Crippen molar-refractivity contribution in [3.8, 4) is 0 Å². The van der Waals surface area contributed by atoms with E-state index in [9.17, 15) is 0 Å². The number of alkyl halides is 1. The smallest absolute Gasteiger partial charge is 0.0164 e. The van der Waals surface area contributed by atoms with Gasteiger partial charge in [0, 0.05) is 17.0 Å². The molecule has 2 N–H and O–H groups in total. The Labute approximate surface area is 69.9 Å². The van der Waals surface area contributed by atoms with Crippen molar-refractivity contribution in [1.29, 1.82) is 0 Å². The maximum atomic E-state index is 5.62. The van der Waals surface area contributed by atoms with Crippen LogP contribution in [0.2, 0.25) is 0 Å². The fraction of sp³-hybridized carbons (Fsp3) is 1.00. The van der Waals surface area contributed by atoms with Gasteiger partial charge in [-0.1, -0.05) is 29.5 Å². The molecule has 0 aromatic carbocycles. The van der Waals surface area contributed by atoms with E-state index in [1.165, 1.54) is 6.42 Å². The molecule has 0 amide bonds. The van der Waals surface area contributed by atoms with Gasteiger partial charge >= 0.3 is 0 Å². The number of hydrazine groups is 1. The molecule has 2 unspecified atom stereocenters. The van der Waals surface area contributed by atoms with Crippen molar-refractivity contribution >= 4 is 22.6 Å². The van der Waals surface area contributed by atoms with E-state index in [1.54, 1.807) is 0 Å². The van der Waals surface area contributed by atoms with Crippen molar-refractivity contribution < 1.29 is 0 Å². The van der Waals surface area contributed by atoms with Crippen molar-refractivity contribution in [2.45, 2.75) is 17.3 Å². The van der Waals surface area contributed by atoms with E-state index in [-0.39, 0.29) is 0 Å². The summed E-state index contributed by atoms with van der Waals surface area (Å²) in [6.07, 6.45) is 1.25. The molecule has 54 valence electrons. The number of hydrogen-bond acceptors (Lipinski definition) is 2. The molecule has 9 heavy (non-hydrogen) atoms. The molecule has 0 aliphatic carbocycles. The first-order valence-corrected chi connectivity index (χ1v) is 4.58. The van der Waals surface area contributed by atoms with Crippen LogP contribution >= 0.6 is 22.6 Å². The van der Waals surface area contributed by atoms with E-state index in [0.29, 0.717) is 0 Å². The second-order valence-electron chi connectivity index (χ2n) is 2.78. The van der Waals surface area contributed by atoms with Gasteiger partial charge in [-0.25, -0.2) is 5.01 Å². The summed E-state index contributed by atoms with van der Waals surface area (Å²) in [6, 6.07) is 0. The van der Waals surface area contributed by atoms with E-state index in [1.807, 2.05) is 5.01 Å². The lowest BCUT2D eigenvalue weighted by Crippen LogP contribution is -2.43. The average molecular weight is 240 g/mol. The Morgan fingerprint density at radius 1 is 1.67 bits per heavy atom. The van der Waals surface area contributed by atoms with Crippen LogP contribution in [0.4, 0.5) is 0 Å². The molecule has 3 heteroatoms. The van der Waals surface area contributed by atoms with Gasteiger partial charge in [-0.05, 0) is 12.3 Å². The molecule has 0 aromatic rings. The minimum atomic E-state index is 0.768. The van der Waals surface area contributed by atoms with Gasteiger partial charge in [0.1, 0.15) is 0 Å². The number of hydrogen-bond donors (Lipinski definition) is 1. The highest BCUT2D eigenvalue weighted by molar-refractivity contribution is 14.1. The van der Waals surface area contributed by atoms with Gasteiger partial charge in [-0.15, -0.1) is 0 Å². The van der Waals surface area contributed by atoms with Gasteiger partial charge in [0.05, 0.1) is 0 Å². The fourth-order valence-corrected chi connectivity index (χ4v) is 1.66. The van der Waals surface area contributed by atoms with Gasteiger partial charge in [-0.3, -0.25) is 5.84 Å². The van der Waals surface area contributed by atoms with E-state index in [0.717, 1.165) is 22.9 Å². The molecule has 1 aliphatic heterocycles. The number of nitrogens with two attached hydrogens (primary N) is 1. The lowest BCUT2D eigenvalue weighted by molar-refractivity contribution is 0.198. The predicted octanol–water partition coefficient (Wildman–Crippen LogP) is 1.01. The van der Waals surface area contributed by atoms with Crippen LogP contribution in [0, 0.1) is 5.92 Å². The molecule has 0 aromatic heterocycles. The molecule has 2 atom stereocenters. The lowest BCUT2D eigenvalue weighted by Gasteiger charge is -2.30. The Kier molecular flexibility index (Phi) is 2.73. The highest BCUT2D eigenvalue weighted by Crippen LogP contribution is 2.21. The van der Waals surface area contributed by atoms with Gasteiger partial charge in [-0.2, -0.15) is 0 Å². The van der Waals surface area contributed by atoms with Crippen LogP contribution in [0.1, 0.15) is 13.3 Å². The van der Waals surface area contributed by atoms with E-state index < -0.39 is 0 Å². The third kappa shape index (κ3) is 2.05. The van der Waals surface area contributed by atoms with Crippen molar-refractivity contribution in [1.82, 2.24) is 5.01 Å². The molecule has 1 heterocycles. The van der Waals surface area contributed by atoms with Crippen molar-refractivity contribution in [3.05, 3.63) is 0 Å². The molecule has 2 nitrogen and oxygen atoms in total. The minimum absolute atomic E-state index is 0.768. The van der Waals surface area contributed by atoms with Crippen LogP contribution < -0.4 is 5.84 Å². The SMILES string of the molecule is CC1CN(N)CCC1I. The largest absolute Gasteiger partial charge is 0.269 e. The fourth-order valence-electron chi connectivity index (χ4n) is 1.15. The van der Waals surface area contributed by atoms with Crippen molar-refractivity contribution in [2.75, 3.05) is 13.1 Å². The summed E-state index contributed by atoms with van der Waals surface area (Å²) in [6.45, 7) is 4.39. The normalized spacial score (nSPS) is 39.0. The second-order valence-corrected chi connectivity index (χ2v) is 4.38. The highest BCUT2D eigenvalue weighted by Gasteiger charge is 2.21. The summed E-state index contributed by atoms with van der Waals surface area (Å²) >= 11 is 2.51. The zero-order valence-corrected chi connectivity index (χ0v) is 7.84. The monoisotopic (exact) mass is 240 g/mol. The Morgan fingerprint density at radius 2 is 2.33 bits per heavy atom. The Hall–Kier alpha value is 0.650. The van der Waals surface area contributed by atoms with E-state index >= 15 is 0 Å². The predicted molar refractivity (Wildman–Crippen MR) is 47.3 cm³/mol. The standard InChI is InChI=1S/C6H13IN2/c1-5-4-9(8)3-2-6(5)7/h5-6H,2-4,8H2,1H3. The summed E-state index contributed by atoms with van der Waals surface area (Å²) in [4.78, 5) is 0. The lowest BCUT2D eigenvalue weighted by atomic mass is 10.0. The van der Waals surface area contributed by atoms with Crippen LogP contribution in [0.5, 0.6) is 0 Å². The molecule has 1 saturated heterocycles. The Morgan fingerprint density at radius 3 is 2.78 bits per heavy atom. The van der Waals surface area contributed by atoms with Crippen LogP contribution in [0.3, 0.4) is 0 Å². The van der Waals surface area contributed by atoms with Crippen LogP contribution in [-0.4, -0.2) is 22.0 Å². The van der Waals surface area contributed by atoms with E-state index in [2.05, 4.69) is 29.5 Å². The zero-order valence-electron chi connectivity index (χ0n) is 5.68. The summed E-state index contributed by atoms with van der Waals surface area (Å²) in [5.41, 5.74) is 0. The van der Waals surface area contributed by atoms with Gasteiger partial charge in [0.2, 0.25) is 0 Å². The topological polar surface area (TPSA) is 29.3 Å². The van der Waals surface area contributed by atoms with Crippen molar-refractivity contribution in [2.24, 2.45) is 11.8 Å².